The zero-order chi connectivity index (χ0) is 16.4. The smallest absolute Gasteiger partial charge is 0.252 e. The number of carbonyl (C=O) groups excluding carboxylic acids is 1. The number of halogens is 1. The molecule has 1 rings (SSSR count). The Hall–Kier alpha value is -1.79. The van der Waals surface area contributed by atoms with E-state index in [9.17, 15) is 4.79 Å². The van der Waals surface area contributed by atoms with Crippen molar-refractivity contribution < 1.29 is 9.53 Å². The van der Waals surface area contributed by atoms with Gasteiger partial charge in [-0.1, -0.05) is 23.7 Å². The van der Waals surface area contributed by atoms with E-state index in [-0.39, 0.29) is 11.9 Å². The Morgan fingerprint density at radius 3 is 2.64 bits per heavy atom. The van der Waals surface area contributed by atoms with Crippen molar-refractivity contribution in [3.63, 3.8) is 0 Å². The average molecular weight is 327 g/mol. The lowest BCUT2D eigenvalue weighted by atomic mass is 10.2. The number of nitrogens with one attached hydrogen (secondary N) is 3. The summed E-state index contributed by atoms with van der Waals surface area (Å²) in [6, 6.07) is 7.10. The molecular formula is C15H23ClN4O2. The van der Waals surface area contributed by atoms with Gasteiger partial charge in [-0.2, -0.15) is 0 Å². The number of guanidine groups is 1. The molecule has 1 atom stereocenters. The zero-order valence-electron chi connectivity index (χ0n) is 13.1. The Balaban J connectivity index is 2.32. The monoisotopic (exact) mass is 326 g/mol. The third-order valence-corrected chi connectivity index (χ3v) is 3.17. The standard InChI is InChI=1S/C15H23ClN4O2/c1-11(10-22-3)20-15(17-2)19-9-8-18-14(21)12-6-4-5-7-13(12)16/h4-7,11H,8-10H2,1-3H3,(H,18,21)(H2,17,19,20). The van der Waals surface area contributed by atoms with E-state index in [0.29, 0.717) is 36.2 Å². The molecule has 1 unspecified atom stereocenters. The van der Waals surface area contributed by atoms with E-state index < -0.39 is 0 Å². The summed E-state index contributed by atoms with van der Waals surface area (Å²) in [4.78, 5) is 16.1. The van der Waals surface area contributed by atoms with Gasteiger partial charge in [0.1, 0.15) is 0 Å². The molecule has 0 bridgehead atoms. The first-order valence-electron chi connectivity index (χ1n) is 7.07. The Morgan fingerprint density at radius 1 is 1.32 bits per heavy atom. The number of benzene rings is 1. The minimum absolute atomic E-state index is 0.147. The fourth-order valence-corrected chi connectivity index (χ4v) is 2.04. The Morgan fingerprint density at radius 2 is 2.00 bits per heavy atom. The number of rotatable bonds is 7. The highest BCUT2D eigenvalue weighted by Crippen LogP contribution is 2.14. The largest absolute Gasteiger partial charge is 0.383 e. The van der Waals surface area contributed by atoms with Gasteiger partial charge in [0.15, 0.2) is 5.96 Å². The second-order valence-corrected chi connectivity index (χ2v) is 5.14. The van der Waals surface area contributed by atoms with Gasteiger partial charge in [0.2, 0.25) is 0 Å². The third-order valence-electron chi connectivity index (χ3n) is 2.84. The number of nitrogens with zero attached hydrogens (tertiary/aromatic N) is 1. The molecule has 22 heavy (non-hydrogen) atoms. The lowest BCUT2D eigenvalue weighted by Crippen LogP contribution is -2.46. The fraction of sp³-hybridized carbons (Fsp3) is 0.467. The summed E-state index contributed by atoms with van der Waals surface area (Å²) in [5, 5.41) is 9.54. The zero-order valence-corrected chi connectivity index (χ0v) is 13.9. The lowest BCUT2D eigenvalue weighted by molar-refractivity contribution is 0.0954. The molecule has 0 fully saturated rings. The highest BCUT2D eigenvalue weighted by Gasteiger charge is 2.08. The first kappa shape index (κ1) is 18.3. The minimum atomic E-state index is -0.192. The maximum Gasteiger partial charge on any atom is 0.252 e. The highest BCUT2D eigenvalue weighted by molar-refractivity contribution is 6.33. The van der Waals surface area contributed by atoms with Crippen LogP contribution >= 0.6 is 11.6 Å². The minimum Gasteiger partial charge on any atom is -0.383 e. The molecule has 0 spiro atoms. The van der Waals surface area contributed by atoms with E-state index in [4.69, 9.17) is 16.3 Å². The summed E-state index contributed by atoms with van der Waals surface area (Å²) in [7, 11) is 3.34. The summed E-state index contributed by atoms with van der Waals surface area (Å²) in [5.74, 6) is 0.472. The summed E-state index contributed by atoms with van der Waals surface area (Å²) in [6.07, 6.45) is 0. The van der Waals surface area contributed by atoms with Crippen molar-refractivity contribution in [2.24, 2.45) is 4.99 Å². The van der Waals surface area contributed by atoms with Crippen LogP contribution in [0.2, 0.25) is 5.02 Å². The van der Waals surface area contributed by atoms with E-state index in [2.05, 4.69) is 20.9 Å². The van der Waals surface area contributed by atoms with Crippen molar-refractivity contribution in [2.75, 3.05) is 33.9 Å². The normalized spacial score (nSPS) is 12.6. The molecule has 6 nitrogen and oxygen atoms in total. The van der Waals surface area contributed by atoms with Crippen molar-refractivity contribution in [3.05, 3.63) is 34.9 Å². The van der Waals surface area contributed by atoms with Crippen LogP contribution in [0.1, 0.15) is 17.3 Å². The molecule has 1 aromatic carbocycles. The van der Waals surface area contributed by atoms with Crippen LogP contribution in [-0.4, -0.2) is 51.8 Å². The van der Waals surface area contributed by atoms with Crippen molar-refractivity contribution >= 4 is 23.5 Å². The third kappa shape index (κ3) is 6.32. The topological polar surface area (TPSA) is 74.8 Å². The van der Waals surface area contributed by atoms with Crippen LogP contribution in [0.5, 0.6) is 0 Å². The number of methoxy groups -OCH3 is 1. The van der Waals surface area contributed by atoms with Crippen LogP contribution in [0.15, 0.2) is 29.3 Å². The van der Waals surface area contributed by atoms with E-state index in [1.165, 1.54) is 0 Å². The van der Waals surface area contributed by atoms with Crippen LogP contribution in [-0.2, 0) is 4.74 Å². The predicted molar refractivity (Wildman–Crippen MR) is 89.6 cm³/mol. The van der Waals surface area contributed by atoms with Gasteiger partial charge < -0.3 is 20.7 Å². The quantitative estimate of drug-likeness (QED) is 0.401. The van der Waals surface area contributed by atoms with Gasteiger partial charge in [-0.3, -0.25) is 9.79 Å². The van der Waals surface area contributed by atoms with E-state index in [0.717, 1.165) is 0 Å². The molecule has 0 aliphatic rings. The molecule has 1 aromatic rings. The van der Waals surface area contributed by atoms with Crippen LogP contribution in [0.25, 0.3) is 0 Å². The van der Waals surface area contributed by atoms with Crippen LogP contribution < -0.4 is 16.0 Å². The molecule has 122 valence electrons. The number of ether oxygens (including phenoxy) is 1. The molecule has 0 saturated carbocycles. The Labute approximate surface area is 136 Å². The highest BCUT2D eigenvalue weighted by atomic mass is 35.5. The molecule has 7 heteroatoms. The molecule has 0 aliphatic carbocycles. The van der Waals surface area contributed by atoms with Crippen molar-refractivity contribution in [3.8, 4) is 0 Å². The van der Waals surface area contributed by atoms with E-state index in [1.807, 2.05) is 6.92 Å². The first-order chi connectivity index (χ1) is 10.6. The molecule has 0 aromatic heterocycles. The molecule has 3 N–H and O–H groups in total. The number of amides is 1. The predicted octanol–water partition coefficient (Wildman–Crippen LogP) is 1.27. The number of carbonyl (C=O) groups is 1. The van der Waals surface area contributed by atoms with Gasteiger partial charge in [-0.25, -0.2) is 0 Å². The summed E-state index contributed by atoms with van der Waals surface area (Å²) < 4.78 is 5.05. The van der Waals surface area contributed by atoms with Gasteiger partial charge in [-0.05, 0) is 19.1 Å². The van der Waals surface area contributed by atoms with Gasteiger partial charge in [0.05, 0.1) is 17.2 Å². The SMILES string of the molecule is CN=C(NCCNC(=O)c1ccccc1Cl)NC(C)COC. The van der Waals surface area contributed by atoms with Crippen LogP contribution in [0.4, 0.5) is 0 Å². The molecule has 0 aliphatic heterocycles. The number of hydrogen-bond acceptors (Lipinski definition) is 3. The second kappa shape index (κ2) is 10.0. The molecule has 0 saturated heterocycles. The average Bonchev–Trinajstić information content (AvgIpc) is 2.50. The molecular weight excluding hydrogens is 304 g/mol. The Bertz CT molecular complexity index is 508. The van der Waals surface area contributed by atoms with Crippen molar-refractivity contribution in [1.82, 2.24) is 16.0 Å². The van der Waals surface area contributed by atoms with Gasteiger partial charge >= 0.3 is 0 Å². The summed E-state index contributed by atoms with van der Waals surface area (Å²) in [5.41, 5.74) is 0.473. The van der Waals surface area contributed by atoms with Crippen molar-refractivity contribution in [2.45, 2.75) is 13.0 Å². The number of hydrogen-bond donors (Lipinski definition) is 3. The van der Waals surface area contributed by atoms with Gasteiger partial charge in [0.25, 0.3) is 5.91 Å². The van der Waals surface area contributed by atoms with Crippen molar-refractivity contribution in [1.29, 1.82) is 0 Å². The maximum absolute atomic E-state index is 12.0. The number of aliphatic imine (C=N–C) groups is 1. The van der Waals surface area contributed by atoms with E-state index in [1.54, 1.807) is 38.4 Å². The Kier molecular flexibility index (Phi) is 8.32. The molecule has 0 heterocycles. The second-order valence-electron chi connectivity index (χ2n) is 4.74. The van der Waals surface area contributed by atoms with E-state index >= 15 is 0 Å². The molecule has 1 amide bonds. The summed E-state index contributed by atoms with van der Waals surface area (Å²) in [6.45, 7) is 3.60. The lowest BCUT2D eigenvalue weighted by Gasteiger charge is -2.17. The van der Waals surface area contributed by atoms with Crippen LogP contribution in [0.3, 0.4) is 0 Å². The first-order valence-corrected chi connectivity index (χ1v) is 7.45. The summed E-state index contributed by atoms with van der Waals surface area (Å²) >= 11 is 5.97. The van der Waals surface area contributed by atoms with Gasteiger partial charge in [0, 0.05) is 33.3 Å². The van der Waals surface area contributed by atoms with Crippen LogP contribution in [0, 0.1) is 0 Å². The van der Waals surface area contributed by atoms with Gasteiger partial charge in [-0.15, -0.1) is 0 Å². The fourth-order valence-electron chi connectivity index (χ4n) is 1.82. The molecule has 0 radical (unpaired) electrons. The maximum atomic E-state index is 12.0.